The number of likely N-dealkylation sites (N-methyl/N-ethyl adjacent to an activating group) is 1. The van der Waals surface area contributed by atoms with E-state index in [0.717, 1.165) is 18.7 Å². The summed E-state index contributed by atoms with van der Waals surface area (Å²) in [4.78, 5) is 2.16. The zero-order chi connectivity index (χ0) is 10.7. The van der Waals surface area contributed by atoms with E-state index in [1.54, 1.807) is 12.2 Å². The molecule has 13 heavy (non-hydrogen) atoms. The van der Waals surface area contributed by atoms with E-state index in [2.05, 4.69) is 18.4 Å². The standard InChI is InChI=1S/C9H16N2.C2H6/c1-4-9(6-7-10)8-11(3)5-2;1-2/h4,6-7,10H,1,5,8H2,2-3H3;1-2H3/b9-6+,10-7?;. The Morgan fingerprint density at radius 2 is 2.00 bits per heavy atom. The lowest BCUT2D eigenvalue weighted by Crippen LogP contribution is -2.19. The molecule has 76 valence electrons. The average Bonchev–Trinajstić information content (AvgIpc) is 2.20. The topological polar surface area (TPSA) is 27.1 Å². The van der Waals surface area contributed by atoms with Crippen molar-refractivity contribution in [3.63, 3.8) is 0 Å². The zero-order valence-corrected chi connectivity index (χ0v) is 9.30. The molecule has 0 saturated heterocycles. The molecule has 0 aromatic rings. The summed E-state index contributed by atoms with van der Waals surface area (Å²) in [6, 6.07) is 0. The lowest BCUT2D eigenvalue weighted by molar-refractivity contribution is 0.386. The average molecular weight is 182 g/mol. The Morgan fingerprint density at radius 1 is 1.46 bits per heavy atom. The van der Waals surface area contributed by atoms with Crippen LogP contribution in [-0.2, 0) is 0 Å². The summed E-state index contributed by atoms with van der Waals surface area (Å²) >= 11 is 0. The highest BCUT2D eigenvalue weighted by atomic mass is 15.1. The maximum absolute atomic E-state index is 6.87. The van der Waals surface area contributed by atoms with E-state index in [0.29, 0.717) is 0 Å². The summed E-state index contributed by atoms with van der Waals surface area (Å²) in [5.41, 5.74) is 1.09. The smallest absolute Gasteiger partial charge is 0.0230 e. The summed E-state index contributed by atoms with van der Waals surface area (Å²) in [5, 5.41) is 6.87. The first kappa shape index (κ1) is 14.6. The predicted molar refractivity (Wildman–Crippen MR) is 61.6 cm³/mol. The Morgan fingerprint density at radius 3 is 2.31 bits per heavy atom. The van der Waals surface area contributed by atoms with Crippen LogP contribution in [0.2, 0.25) is 0 Å². The van der Waals surface area contributed by atoms with E-state index < -0.39 is 0 Å². The molecule has 0 unspecified atom stereocenters. The number of rotatable bonds is 5. The molecule has 2 heteroatoms. The third kappa shape index (κ3) is 9.02. The lowest BCUT2D eigenvalue weighted by Gasteiger charge is -2.13. The Hall–Kier alpha value is -0.890. The van der Waals surface area contributed by atoms with E-state index in [1.165, 1.54) is 6.21 Å². The highest BCUT2D eigenvalue weighted by Crippen LogP contribution is 1.96. The number of allylic oxidation sites excluding steroid dienone is 1. The molecule has 0 radical (unpaired) electrons. The normalized spacial score (nSPS) is 10.4. The summed E-state index contributed by atoms with van der Waals surface area (Å²) in [6.07, 6.45) is 4.84. The molecule has 0 aliphatic carbocycles. The third-order valence-corrected chi connectivity index (χ3v) is 1.55. The zero-order valence-electron chi connectivity index (χ0n) is 9.30. The van der Waals surface area contributed by atoms with Crippen LogP contribution in [0.25, 0.3) is 0 Å². The Kier molecular flexibility index (Phi) is 12.5. The molecule has 0 fully saturated rings. The molecule has 0 aliphatic heterocycles. The van der Waals surface area contributed by atoms with Gasteiger partial charge in [0.15, 0.2) is 0 Å². The second kappa shape index (κ2) is 11.1. The highest BCUT2D eigenvalue weighted by molar-refractivity contribution is 5.69. The van der Waals surface area contributed by atoms with Crippen LogP contribution in [0.4, 0.5) is 0 Å². The van der Waals surface area contributed by atoms with Gasteiger partial charge in [-0.15, -0.1) is 0 Å². The maximum Gasteiger partial charge on any atom is 0.0230 e. The van der Waals surface area contributed by atoms with Crippen LogP contribution < -0.4 is 0 Å². The van der Waals surface area contributed by atoms with Crippen LogP contribution in [0.15, 0.2) is 24.3 Å². The van der Waals surface area contributed by atoms with Crippen molar-refractivity contribution < 1.29 is 0 Å². The van der Waals surface area contributed by atoms with Gasteiger partial charge in [0.1, 0.15) is 0 Å². The Balaban J connectivity index is 0. The fraction of sp³-hybridized carbons (Fsp3) is 0.545. The van der Waals surface area contributed by atoms with Gasteiger partial charge in [-0.1, -0.05) is 33.4 Å². The second-order valence-corrected chi connectivity index (χ2v) is 2.44. The molecule has 0 spiro atoms. The van der Waals surface area contributed by atoms with Gasteiger partial charge in [-0.25, -0.2) is 0 Å². The van der Waals surface area contributed by atoms with Crippen LogP contribution in [0.3, 0.4) is 0 Å². The van der Waals surface area contributed by atoms with Gasteiger partial charge in [0.05, 0.1) is 0 Å². The van der Waals surface area contributed by atoms with Crippen LogP contribution in [-0.4, -0.2) is 31.3 Å². The van der Waals surface area contributed by atoms with Gasteiger partial charge in [0.2, 0.25) is 0 Å². The number of nitrogens with one attached hydrogen (secondary N) is 1. The molecule has 0 aromatic carbocycles. The summed E-state index contributed by atoms with van der Waals surface area (Å²) in [7, 11) is 2.04. The van der Waals surface area contributed by atoms with Gasteiger partial charge in [-0.2, -0.15) is 0 Å². The maximum atomic E-state index is 6.87. The van der Waals surface area contributed by atoms with Crippen molar-refractivity contribution in [2.75, 3.05) is 20.1 Å². The van der Waals surface area contributed by atoms with Crippen LogP contribution in [0.1, 0.15) is 20.8 Å². The van der Waals surface area contributed by atoms with Gasteiger partial charge < -0.3 is 10.3 Å². The minimum Gasteiger partial charge on any atom is -0.309 e. The van der Waals surface area contributed by atoms with Crippen molar-refractivity contribution in [2.45, 2.75) is 20.8 Å². The van der Waals surface area contributed by atoms with E-state index in [-0.39, 0.29) is 0 Å². The van der Waals surface area contributed by atoms with Gasteiger partial charge in [0.25, 0.3) is 0 Å². The first-order valence-corrected chi connectivity index (χ1v) is 4.75. The molecule has 2 nitrogen and oxygen atoms in total. The van der Waals surface area contributed by atoms with Crippen molar-refractivity contribution in [1.82, 2.24) is 4.90 Å². The van der Waals surface area contributed by atoms with Gasteiger partial charge in [-0.3, -0.25) is 0 Å². The molecule has 0 atom stereocenters. The minimum atomic E-state index is 0.870. The first-order chi connectivity index (χ1) is 6.24. The van der Waals surface area contributed by atoms with Crippen molar-refractivity contribution in [2.24, 2.45) is 0 Å². The molecule has 0 rings (SSSR count). The van der Waals surface area contributed by atoms with Crippen molar-refractivity contribution in [1.29, 1.82) is 5.41 Å². The Bertz CT molecular complexity index is 159. The molecule has 0 aromatic heterocycles. The van der Waals surface area contributed by atoms with Gasteiger partial charge >= 0.3 is 0 Å². The largest absolute Gasteiger partial charge is 0.309 e. The number of hydrogen-bond acceptors (Lipinski definition) is 2. The lowest BCUT2D eigenvalue weighted by atomic mass is 10.2. The number of hydrogen-bond donors (Lipinski definition) is 1. The van der Waals surface area contributed by atoms with Gasteiger partial charge in [-0.05, 0) is 25.2 Å². The minimum absolute atomic E-state index is 0.870. The Labute approximate surface area is 82.5 Å². The molecule has 0 amide bonds. The monoisotopic (exact) mass is 182 g/mol. The van der Waals surface area contributed by atoms with Crippen LogP contribution in [0, 0.1) is 5.41 Å². The second-order valence-electron chi connectivity index (χ2n) is 2.44. The predicted octanol–water partition coefficient (Wildman–Crippen LogP) is 2.73. The fourth-order valence-corrected chi connectivity index (χ4v) is 0.716. The summed E-state index contributed by atoms with van der Waals surface area (Å²) < 4.78 is 0. The van der Waals surface area contributed by atoms with E-state index >= 15 is 0 Å². The van der Waals surface area contributed by atoms with Gasteiger partial charge in [0, 0.05) is 12.8 Å². The molecule has 1 N–H and O–H groups in total. The molecule has 0 aliphatic rings. The quantitative estimate of drug-likeness (QED) is 0.513. The van der Waals surface area contributed by atoms with Crippen molar-refractivity contribution >= 4 is 6.21 Å². The SMILES string of the molecule is C=C/C(=C\C=N)CN(C)CC.CC. The van der Waals surface area contributed by atoms with Crippen molar-refractivity contribution in [3.8, 4) is 0 Å². The highest BCUT2D eigenvalue weighted by Gasteiger charge is 1.95. The molecular formula is C11H22N2. The van der Waals surface area contributed by atoms with E-state index in [4.69, 9.17) is 5.41 Å². The van der Waals surface area contributed by atoms with E-state index in [1.807, 2.05) is 20.9 Å². The molecular weight excluding hydrogens is 160 g/mol. The van der Waals surface area contributed by atoms with E-state index in [9.17, 15) is 0 Å². The third-order valence-electron chi connectivity index (χ3n) is 1.55. The molecule has 0 saturated carbocycles. The molecule has 0 bridgehead atoms. The van der Waals surface area contributed by atoms with Crippen molar-refractivity contribution in [3.05, 3.63) is 24.3 Å². The summed E-state index contributed by atoms with van der Waals surface area (Å²) in [6.45, 7) is 11.7. The fourth-order valence-electron chi connectivity index (χ4n) is 0.716. The number of nitrogens with zero attached hydrogens (tertiary/aromatic N) is 1. The van der Waals surface area contributed by atoms with Crippen LogP contribution in [0.5, 0.6) is 0 Å². The first-order valence-electron chi connectivity index (χ1n) is 4.75. The molecule has 0 heterocycles. The summed E-state index contributed by atoms with van der Waals surface area (Å²) in [5.74, 6) is 0. The van der Waals surface area contributed by atoms with Crippen LogP contribution >= 0.6 is 0 Å².